The SMILES string of the molecule is COc1ccc([N+](=O)[O-])cc1CNCC(C)(O)CSC. The largest absolute Gasteiger partial charge is 0.496 e. The van der Waals surface area contributed by atoms with Gasteiger partial charge in [0.1, 0.15) is 5.75 Å². The highest BCUT2D eigenvalue weighted by Gasteiger charge is 2.19. The number of ether oxygens (including phenoxy) is 1. The number of rotatable bonds is 8. The van der Waals surface area contributed by atoms with Crippen LogP contribution in [0.2, 0.25) is 0 Å². The van der Waals surface area contributed by atoms with Crippen LogP contribution in [0.25, 0.3) is 0 Å². The van der Waals surface area contributed by atoms with E-state index in [1.165, 1.54) is 19.2 Å². The molecule has 1 unspecified atom stereocenters. The number of nitro groups is 1. The van der Waals surface area contributed by atoms with Crippen LogP contribution in [0.1, 0.15) is 12.5 Å². The molecule has 1 aromatic rings. The third-order valence-electron chi connectivity index (χ3n) is 2.75. The molecule has 1 aromatic carbocycles. The summed E-state index contributed by atoms with van der Waals surface area (Å²) in [5, 5.41) is 23.9. The zero-order valence-electron chi connectivity index (χ0n) is 11.9. The molecule has 0 saturated carbocycles. The van der Waals surface area contributed by atoms with Gasteiger partial charge in [-0.25, -0.2) is 0 Å². The molecule has 7 heteroatoms. The lowest BCUT2D eigenvalue weighted by molar-refractivity contribution is -0.384. The topological polar surface area (TPSA) is 84.6 Å². The van der Waals surface area contributed by atoms with Gasteiger partial charge in [-0.1, -0.05) is 0 Å². The van der Waals surface area contributed by atoms with Crippen LogP contribution in [0.15, 0.2) is 18.2 Å². The summed E-state index contributed by atoms with van der Waals surface area (Å²) < 4.78 is 5.18. The van der Waals surface area contributed by atoms with Gasteiger partial charge in [-0.15, -0.1) is 0 Å². The molecule has 112 valence electrons. The predicted octanol–water partition coefficient (Wildman–Crippen LogP) is 1.81. The Hall–Kier alpha value is -1.31. The lowest BCUT2D eigenvalue weighted by Gasteiger charge is -2.22. The number of aliphatic hydroxyl groups is 1. The highest BCUT2D eigenvalue weighted by molar-refractivity contribution is 7.98. The molecule has 1 atom stereocenters. The number of methoxy groups -OCH3 is 1. The summed E-state index contributed by atoms with van der Waals surface area (Å²) >= 11 is 1.56. The minimum Gasteiger partial charge on any atom is -0.496 e. The highest BCUT2D eigenvalue weighted by Crippen LogP contribution is 2.24. The second-order valence-electron chi connectivity index (χ2n) is 4.79. The van der Waals surface area contributed by atoms with Gasteiger partial charge in [0.2, 0.25) is 0 Å². The van der Waals surface area contributed by atoms with Gasteiger partial charge in [0, 0.05) is 36.5 Å². The van der Waals surface area contributed by atoms with E-state index >= 15 is 0 Å². The van der Waals surface area contributed by atoms with Crippen molar-refractivity contribution in [1.29, 1.82) is 0 Å². The van der Waals surface area contributed by atoms with Crippen molar-refractivity contribution in [2.75, 3.05) is 25.7 Å². The maximum atomic E-state index is 10.8. The predicted molar refractivity (Wildman–Crippen MR) is 80.4 cm³/mol. The molecule has 0 aromatic heterocycles. The lowest BCUT2D eigenvalue weighted by atomic mass is 10.1. The molecular formula is C13H20N2O4S. The number of non-ortho nitro benzene ring substituents is 1. The van der Waals surface area contributed by atoms with Crippen LogP contribution in [0.4, 0.5) is 5.69 Å². The second kappa shape index (κ2) is 7.47. The number of thioether (sulfide) groups is 1. The summed E-state index contributed by atoms with van der Waals surface area (Å²) in [4.78, 5) is 10.3. The Labute approximate surface area is 122 Å². The molecular weight excluding hydrogens is 280 g/mol. The fourth-order valence-corrected chi connectivity index (χ4v) is 2.57. The van der Waals surface area contributed by atoms with Crippen molar-refractivity contribution in [3.8, 4) is 5.75 Å². The zero-order valence-corrected chi connectivity index (χ0v) is 12.7. The number of benzene rings is 1. The summed E-state index contributed by atoms with van der Waals surface area (Å²) in [5.41, 5.74) is -0.0898. The average Bonchev–Trinajstić information content (AvgIpc) is 2.38. The molecule has 0 heterocycles. The Kier molecular flexibility index (Phi) is 6.25. The normalized spacial score (nSPS) is 13.8. The van der Waals surface area contributed by atoms with Crippen LogP contribution in [0.5, 0.6) is 5.75 Å². The first kappa shape index (κ1) is 16.7. The summed E-state index contributed by atoms with van der Waals surface area (Å²) in [5.74, 6) is 1.21. The molecule has 1 rings (SSSR count). The van der Waals surface area contributed by atoms with Crippen LogP contribution in [-0.4, -0.2) is 41.3 Å². The van der Waals surface area contributed by atoms with Crippen LogP contribution in [-0.2, 0) is 6.54 Å². The fraction of sp³-hybridized carbons (Fsp3) is 0.538. The highest BCUT2D eigenvalue weighted by atomic mass is 32.2. The van der Waals surface area contributed by atoms with Gasteiger partial charge in [-0.05, 0) is 19.2 Å². The van der Waals surface area contributed by atoms with E-state index in [-0.39, 0.29) is 5.69 Å². The second-order valence-corrected chi connectivity index (χ2v) is 5.65. The van der Waals surface area contributed by atoms with Crippen molar-refractivity contribution in [2.24, 2.45) is 0 Å². The monoisotopic (exact) mass is 300 g/mol. The van der Waals surface area contributed by atoms with E-state index in [2.05, 4.69) is 5.32 Å². The molecule has 20 heavy (non-hydrogen) atoms. The molecule has 2 N–H and O–H groups in total. The quantitative estimate of drug-likeness (QED) is 0.562. The van der Waals surface area contributed by atoms with E-state index in [0.717, 1.165) is 0 Å². The molecule has 0 amide bonds. The van der Waals surface area contributed by atoms with Crippen molar-refractivity contribution in [3.63, 3.8) is 0 Å². The van der Waals surface area contributed by atoms with Crippen LogP contribution in [0.3, 0.4) is 0 Å². The average molecular weight is 300 g/mol. The third kappa shape index (κ3) is 4.99. The Morgan fingerprint density at radius 1 is 1.55 bits per heavy atom. The molecule has 0 spiro atoms. The van der Waals surface area contributed by atoms with Crippen LogP contribution in [0, 0.1) is 10.1 Å². The Balaban J connectivity index is 2.71. The number of hydrogen-bond acceptors (Lipinski definition) is 6. The van der Waals surface area contributed by atoms with Crippen LogP contribution >= 0.6 is 11.8 Å². The minimum absolute atomic E-state index is 0.0264. The van der Waals surface area contributed by atoms with Crippen LogP contribution < -0.4 is 10.1 Å². The van der Waals surface area contributed by atoms with Gasteiger partial charge in [-0.3, -0.25) is 10.1 Å². The van der Waals surface area contributed by atoms with Crippen molar-refractivity contribution >= 4 is 17.4 Å². The molecule has 0 fully saturated rings. The van der Waals surface area contributed by atoms with E-state index < -0.39 is 10.5 Å². The molecule has 0 bridgehead atoms. The van der Waals surface area contributed by atoms with E-state index in [4.69, 9.17) is 4.74 Å². The number of nitrogens with one attached hydrogen (secondary N) is 1. The summed E-state index contributed by atoms with van der Waals surface area (Å²) in [6, 6.07) is 4.47. The molecule has 0 aliphatic carbocycles. The number of nitro benzene ring substituents is 1. The third-order valence-corrected chi connectivity index (χ3v) is 3.66. The van der Waals surface area contributed by atoms with Crippen molar-refractivity contribution in [2.45, 2.75) is 19.1 Å². The first-order valence-electron chi connectivity index (χ1n) is 6.13. The van der Waals surface area contributed by atoms with Crippen molar-refractivity contribution in [3.05, 3.63) is 33.9 Å². The van der Waals surface area contributed by atoms with E-state index in [1.807, 2.05) is 6.26 Å². The van der Waals surface area contributed by atoms with Gasteiger partial charge in [0.25, 0.3) is 5.69 Å². The summed E-state index contributed by atoms with van der Waals surface area (Å²) in [6.45, 7) is 2.55. The molecule has 0 saturated heterocycles. The van der Waals surface area contributed by atoms with E-state index in [9.17, 15) is 15.2 Å². The van der Waals surface area contributed by atoms with E-state index in [0.29, 0.717) is 30.2 Å². The van der Waals surface area contributed by atoms with Crippen molar-refractivity contribution in [1.82, 2.24) is 5.32 Å². The van der Waals surface area contributed by atoms with Crippen molar-refractivity contribution < 1.29 is 14.8 Å². The first-order valence-corrected chi connectivity index (χ1v) is 7.52. The lowest BCUT2D eigenvalue weighted by Crippen LogP contribution is -2.39. The zero-order chi connectivity index (χ0) is 15.2. The Morgan fingerprint density at radius 2 is 2.25 bits per heavy atom. The van der Waals surface area contributed by atoms with Gasteiger partial charge in [-0.2, -0.15) is 11.8 Å². The Bertz CT molecular complexity index is 466. The number of nitrogens with zero attached hydrogens (tertiary/aromatic N) is 1. The van der Waals surface area contributed by atoms with E-state index in [1.54, 1.807) is 24.8 Å². The van der Waals surface area contributed by atoms with Gasteiger partial charge < -0.3 is 15.2 Å². The van der Waals surface area contributed by atoms with Gasteiger partial charge in [0.05, 0.1) is 17.6 Å². The molecule has 0 aliphatic rings. The summed E-state index contributed by atoms with van der Waals surface area (Å²) in [6.07, 6.45) is 1.93. The maximum absolute atomic E-state index is 10.8. The smallest absolute Gasteiger partial charge is 0.270 e. The summed E-state index contributed by atoms with van der Waals surface area (Å²) in [7, 11) is 1.52. The minimum atomic E-state index is -0.812. The Morgan fingerprint density at radius 3 is 2.80 bits per heavy atom. The molecule has 0 aliphatic heterocycles. The first-order chi connectivity index (χ1) is 9.39. The molecule has 6 nitrogen and oxygen atoms in total. The van der Waals surface area contributed by atoms with Gasteiger partial charge >= 0.3 is 0 Å². The standard InChI is InChI=1S/C13H20N2O4S/c1-13(16,9-20-3)8-14-7-10-6-11(15(17)18)4-5-12(10)19-2/h4-6,14,16H,7-9H2,1-3H3. The van der Waals surface area contributed by atoms with Gasteiger partial charge in [0.15, 0.2) is 0 Å². The fourth-order valence-electron chi connectivity index (χ4n) is 1.85. The number of hydrogen-bond donors (Lipinski definition) is 2. The maximum Gasteiger partial charge on any atom is 0.270 e. The molecule has 0 radical (unpaired) electrons.